The van der Waals surface area contributed by atoms with Gasteiger partial charge in [-0.05, 0) is 12.1 Å². The number of nitrogens with one attached hydrogen (secondary N) is 2. The van der Waals surface area contributed by atoms with Crippen molar-refractivity contribution in [3.05, 3.63) is 40.7 Å². The summed E-state index contributed by atoms with van der Waals surface area (Å²) in [5.74, 6) is -0.931. The number of aromatic nitrogens is 2. The first-order valence-corrected chi connectivity index (χ1v) is 7.00. The molecule has 0 spiro atoms. The maximum Gasteiger partial charge on any atom is 0.369 e. The Balaban J connectivity index is 2.46. The summed E-state index contributed by atoms with van der Waals surface area (Å²) in [6.45, 7) is 0. The molecule has 5 N–H and O–H groups in total. The molecule has 2 rings (SSSR count). The molecule has 1 heterocycles. The molecule has 130 valence electrons. The van der Waals surface area contributed by atoms with Crippen LogP contribution in [0.1, 0.15) is 16.1 Å². The topological polar surface area (TPSA) is 161 Å². The lowest BCUT2D eigenvalue weighted by Gasteiger charge is -2.17. The first-order valence-electron chi connectivity index (χ1n) is 6.62. The van der Waals surface area contributed by atoms with Gasteiger partial charge in [0.1, 0.15) is 6.07 Å². The van der Waals surface area contributed by atoms with Crippen LogP contribution < -0.4 is 15.4 Å². The van der Waals surface area contributed by atoms with E-state index in [1.54, 1.807) is 12.1 Å². The number of methoxy groups -OCH3 is 1. The zero-order valence-electron chi connectivity index (χ0n) is 12.7. The van der Waals surface area contributed by atoms with Gasteiger partial charge in [0, 0.05) is 6.07 Å². The number of anilines is 2. The molecule has 1 amide bonds. The first kappa shape index (κ1) is 18.4. The first-order chi connectivity index (χ1) is 11.7. The Bertz CT molecular complexity index is 846. The second-order valence-corrected chi connectivity index (χ2v) is 5.03. The van der Waals surface area contributed by atoms with Gasteiger partial charge in [0.25, 0.3) is 5.91 Å². The van der Waals surface area contributed by atoms with E-state index in [1.165, 1.54) is 24.6 Å². The number of halogens is 1. The summed E-state index contributed by atoms with van der Waals surface area (Å²) in [6, 6.07) is 7.89. The molecule has 2 aromatic rings. The molecule has 0 radical (unpaired) electrons. The lowest BCUT2D eigenvalue weighted by molar-refractivity contribution is -0.323. The minimum atomic E-state index is -3.44. The van der Waals surface area contributed by atoms with Gasteiger partial charge >= 0.3 is 6.10 Å². The van der Waals surface area contributed by atoms with Crippen LogP contribution in [0.15, 0.2) is 24.3 Å². The number of para-hydroxylation sites is 1. The number of hydrogen-bond donors (Lipinski definition) is 5. The smallest absolute Gasteiger partial charge is 0.369 e. The fraction of sp³-hybridized carbons (Fsp3) is 0.143. The van der Waals surface area contributed by atoms with Gasteiger partial charge in [-0.1, -0.05) is 17.7 Å². The maximum absolute atomic E-state index is 12.0. The summed E-state index contributed by atoms with van der Waals surface area (Å²) in [5, 5.41) is 47.0. The highest BCUT2D eigenvalue weighted by Gasteiger charge is 2.26. The molecule has 25 heavy (non-hydrogen) atoms. The van der Waals surface area contributed by atoms with E-state index in [9.17, 15) is 4.79 Å². The highest BCUT2D eigenvalue weighted by molar-refractivity contribution is 6.29. The SMILES string of the molecule is COc1c(C#N)cccc1Nc1cc(Cl)nnc1C(=O)NC(O)(O)O. The minimum Gasteiger partial charge on any atom is -0.493 e. The van der Waals surface area contributed by atoms with Gasteiger partial charge in [0.15, 0.2) is 16.6 Å². The molecular weight excluding hydrogens is 354 g/mol. The number of carbonyl (C=O) groups is 1. The summed E-state index contributed by atoms with van der Waals surface area (Å²) in [6.07, 6.45) is -3.44. The number of nitrogens with zero attached hydrogens (tertiary/aromatic N) is 3. The Hall–Kier alpha value is -2.97. The Morgan fingerprint density at radius 2 is 2.04 bits per heavy atom. The number of aliphatic hydroxyl groups is 3. The third-order valence-corrected chi connectivity index (χ3v) is 3.05. The van der Waals surface area contributed by atoms with Gasteiger partial charge in [-0.3, -0.25) is 10.1 Å². The van der Waals surface area contributed by atoms with Crippen molar-refractivity contribution in [2.75, 3.05) is 12.4 Å². The molecule has 0 aliphatic heterocycles. The molecule has 10 nitrogen and oxygen atoms in total. The molecule has 0 saturated heterocycles. The lowest BCUT2D eigenvalue weighted by atomic mass is 10.1. The van der Waals surface area contributed by atoms with Crippen LogP contribution in [0.5, 0.6) is 5.75 Å². The third-order valence-electron chi connectivity index (χ3n) is 2.87. The van der Waals surface area contributed by atoms with Gasteiger partial charge in [-0.25, -0.2) is 0 Å². The molecule has 11 heteroatoms. The number of rotatable bonds is 5. The predicted molar refractivity (Wildman–Crippen MR) is 84.9 cm³/mol. The number of nitriles is 1. The van der Waals surface area contributed by atoms with Crippen molar-refractivity contribution >= 4 is 28.9 Å². The van der Waals surface area contributed by atoms with E-state index < -0.39 is 17.7 Å². The largest absolute Gasteiger partial charge is 0.493 e. The van der Waals surface area contributed by atoms with Crippen LogP contribution >= 0.6 is 11.6 Å². The molecule has 1 aromatic heterocycles. The average Bonchev–Trinajstić information content (AvgIpc) is 2.53. The summed E-state index contributed by atoms with van der Waals surface area (Å²) in [7, 11) is 1.37. The summed E-state index contributed by atoms with van der Waals surface area (Å²) in [5.41, 5.74) is 0.195. The minimum absolute atomic E-state index is 0.0233. The number of amides is 1. The Morgan fingerprint density at radius 3 is 2.64 bits per heavy atom. The van der Waals surface area contributed by atoms with E-state index in [2.05, 4.69) is 15.5 Å². The molecule has 0 unspecified atom stereocenters. The standard InChI is InChI=1S/C14H12ClN5O5/c1-25-12-7(6-16)3-2-4-8(12)17-9-5-10(15)19-20-11(9)13(21)18-14(22,23)24/h2-5,22-24H,1H3,(H,17,19)(H,18,21). The molecule has 0 atom stereocenters. The molecule has 0 saturated carbocycles. The van der Waals surface area contributed by atoms with E-state index in [0.29, 0.717) is 5.69 Å². The maximum atomic E-state index is 12.0. The van der Waals surface area contributed by atoms with Crippen LogP contribution in [0.3, 0.4) is 0 Å². The second-order valence-electron chi connectivity index (χ2n) is 4.64. The Morgan fingerprint density at radius 1 is 1.32 bits per heavy atom. The molecular formula is C14H12ClN5O5. The predicted octanol–water partition coefficient (Wildman–Crippen LogP) is 0.0719. The monoisotopic (exact) mass is 365 g/mol. The van der Waals surface area contributed by atoms with E-state index in [4.69, 9.17) is 36.9 Å². The van der Waals surface area contributed by atoms with E-state index >= 15 is 0 Å². The van der Waals surface area contributed by atoms with Gasteiger partial charge < -0.3 is 25.4 Å². The molecule has 0 bridgehead atoms. The highest BCUT2D eigenvalue weighted by Crippen LogP contribution is 2.32. The van der Waals surface area contributed by atoms with E-state index in [1.807, 2.05) is 6.07 Å². The van der Waals surface area contributed by atoms with E-state index in [0.717, 1.165) is 0 Å². The van der Waals surface area contributed by atoms with Crippen molar-refractivity contribution in [2.24, 2.45) is 0 Å². The van der Waals surface area contributed by atoms with Crippen molar-refractivity contribution in [1.29, 1.82) is 5.26 Å². The molecule has 0 fully saturated rings. The van der Waals surface area contributed by atoms with Crippen molar-refractivity contribution in [1.82, 2.24) is 15.5 Å². The van der Waals surface area contributed by atoms with Gasteiger partial charge in [0.05, 0.1) is 24.0 Å². The fourth-order valence-corrected chi connectivity index (χ4v) is 2.08. The fourth-order valence-electron chi connectivity index (χ4n) is 1.93. The van der Waals surface area contributed by atoms with Crippen LogP contribution in [0.4, 0.5) is 11.4 Å². The number of ether oxygens (including phenoxy) is 1. The summed E-state index contributed by atoms with van der Waals surface area (Å²) >= 11 is 5.78. The third kappa shape index (κ3) is 4.52. The molecule has 0 aliphatic carbocycles. The van der Waals surface area contributed by atoms with Crippen LogP contribution in [-0.2, 0) is 0 Å². The second kappa shape index (κ2) is 7.29. The average molecular weight is 366 g/mol. The zero-order chi connectivity index (χ0) is 18.6. The normalized spacial score (nSPS) is 10.7. The number of benzene rings is 1. The van der Waals surface area contributed by atoms with Crippen LogP contribution in [0.25, 0.3) is 0 Å². The van der Waals surface area contributed by atoms with Gasteiger partial charge in [-0.2, -0.15) is 5.26 Å². The number of carbonyl (C=O) groups excluding carboxylic acids is 1. The highest BCUT2D eigenvalue weighted by atomic mass is 35.5. The zero-order valence-corrected chi connectivity index (χ0v) is 13.4. The van der Waals surface area contributed by atoms with Crippen LogP contribution in [0, 0.1) is 11.3 Å². The van der Waals surface area contributed by atoms with E-state index in [-0.39, 0.29) is 22.2 Å². The molecule has 1 aromatic carbocycles. The van der Waals surface area contributed by atoms with Crippen molar-refractivity contribution in [3.8, 4) is 11.8 Å². The van der Waals surface area contributed by atoms with Crippen LogP contribution in [0.2, 0.25) is 5.15 Å². The van der Waals surface area contributed by atoms with Crippen LogP contribution in [-0.4, -0.2) is 44.6 Å². The summed E-state index contributed by atoms with van der Waals surface area (Å²) < 4.78 is 5.18. The van der Waals surface area contributed by atoms with Crippen molar-refractivity contribution < 1.29 is 24.9 Å². The van der Waals surface area contributed by atoms with Crippen molar-refractivity contribution in [2.45, 2.75) is 6.10 Å². The Kier molecular flexibility index (Phi) is 5.35. The quantitative estimate of drug-likeness (QED) is 0.462. The molecule has 0 aliphatic rings. The van der Waals surface area contributed by atoms with Crippen molar-refractivity contribution in [3.63, 3.8) is 0 Å². The lowest BCUT2D eigenvalue weighted by Crippen LogP contribution is -2.48. The summed E-state index contributed by atoms with van der Waals surface area (Å²) in [4.78, 5) is 12.0. The van der Waals surface area contributed by atoms with Gasteiger partial charge in [-0.15, -0.1) is 10.2 Å². The Labute approximate surface area is 146 Å². The van der Waals surface area contributed by atoms with Gasteiger partial charge in [0.2, 0.25) is 0 Å². The number of hydrogen-bond acceptors (Lipinski definition) is 9.